The third-order valence-electron chi connectivity index (χ3n) is 7.20. The van der Waals surface area contributed by atoms with Crippen molar-refractivity contribution >= 4 is 23.1 Å². The Balaban J connectivity index is 1.37. The summed E-state index contributed by atoms with van der Waals surface area (Å²) in [5.74, 6) is 0.460. The van der Waals surface area contributed by atoms with E-state index in [1.54, 1.807) is 16.8 Å². The molecule has 0 unspecified atom stereocenters. The molecule has 1 aliphatic rings. The Hall–Kier alpha value is -3.55. The van der Waals surface area contributed by atoms with Crippen LogP contribution in [0.3, 0.4) is 0 Å². The van der Waals surface area contributed by atoms with E-state index < -0.39 is 5.82 Å². The van der Waals surface area contributed by atoms with Gasteiger partial charge in [-0.3, -0.25) is 14.4 Å². The number of halogens is 1. The average molecular weight is 532 g/mol. The number of nitrogens with zero attached hydrogens (tertiary/aromatic N) is 7. The molecule has 0 saturated carbocycles. The van der Waals surface area contributed by atoms with Crippen LogP contribution in [0.2, 0.25) is 0 Å². The van der Waals surface area contributed by atoms with Gasteiger partial charge in [0.25, 0.3) is 0 Å². The lowest BCUT2D eigenvalue weighted by Gasteiger charge is -2.32. The molecular weight excluding hydrogens is 501 g/mol. The van der Waals surface area contributed by atoms with E-state index in [-0.39, 0.29) is 10.9 Å². The molecule has 0 radical (unpaired) electrons. The smallest absolute Gasteiger partial charge is 0.155 e. The van der Waals surface area contributed by atoms with Crippen molar-refractivity contribution in [2.45, 2.75) is 50.1 Å². The zero-order valence-electron chi connectivity index (χ0n) is 21.8. The summed E-state index contributed by atoms with van der Waals surface area (Å²) in [5, 5.41) is 18.9. The molecule has 0 atom stereocenters. The van der Waals surface area contributed by atoms with Gasteiger partial charge in [0.1, 0.15) is 16.9 Å². The molecule has 196 valence electrons. The first-order valence-electron chi connectivity index (χ1n) is 12.8. The second-order valence-electron chi connectivity index (χ2n) is 10.1. The van der Waals surface area contributed by atoms with Crippen LogP contribution >= 0.6 is 11.8 Å². The lowest BCUT2D eigenvalue weighted by atomic mass is 9.96. The standard InChI is InChI=1S/C28H30FN7OS/c1-18(2)25(37)17-34-9-6-20(7-10-34)15-35-19(3)23(14-33-35)21-11-26(38-28-24(29)5-4-8-31-28)27-22(12-30)13-32-36(27)16-21/h4-5,8,11,13-14,16,18,20H,6-7,9-10,15,17H2,1-3H3. The van der Waals surface area contributed by atoms with Gasteiger partial charge in [0.05, 0.1) is 30.0 Å². The third-order valence-corrected chi connectivity index (χ3v) is 8.23. The van der Waals surface area contributed by atoms with E-state index in [1.807, 2.05) is 37.0 Å². The summed E-state index contributed by atoms with van der Waals surface area (Å²) in [6.07, 6.45) is 8.88. The Bertz CT molecular complexity index is 1510. The summed E-state index contributed by atoms with van der Waals surface area (Å²) >= 11 is 1.18. The number of pyridine rings is 2. The van der Waals surface area contributed by atoms with Crippen LogP contribution in [0, 0.1) is 35.9 Å². The van der Waals surface area contributed by atoms with Gasteiger partial charge in [0, 0.05) is 46.6 Å². The molecular formula is C28H30FN7OS. The second-order valence-corrected chi connectivity index (χ2v) is 11.1. The molecule has 5 heterocycles. The first kappa shape index (κ1) is 26.1. The van der Waals surface area contributed by atoms with Crippen LogP contribution in [-0.2, 0) is 11.3 Å². The molecule has 4 aromatic heterocycles. The lowest BCUT2D eigenvalue weighted by molar-refractivity contribution is -0.123. The number of piperidine rings is 1. The van der Waals surface area contributed by atoms with Gasteiger partial charge < -0.3 is 0 Å². The summed E-state index contributed by atoms with van der Waals surface area (Å²) in [5.41, 5.74) is 3.93. The molecule has 1 aliphatic heterocycles. The Kier molecular flexibility index (Phi) is 7.58. The lowest BCUT2D eigenvalue weighted by Crippen LogP contribution is -2.39. The Morgan fingerprint density at radius 3 is 2.76 bits per heavy atom. The van der Waals surface area contributed by atoms with Crippen molar-refractivity contribution in [2.75, 3.05) is 19.6 Å². The van der Waals surface area contributed by atoms with Crippen molar-refractivity contribution in [2.24, 2.45) is 11.8 Å². The fourth-order valence-electron chi connectivity index (χ4n) is 4.83. The number of rotatable bonds is 8. The predicted molar refractivity (Wildman–Crippen MR) is 143 cm³/mol. The zero-order chi connectivity index (χ0) is 26.8. The van der Waals surface area contributed by atoms with E-state index in [0.29, 0.717) is 34.2 Å². The van der Waals surface area contributed by atoms with Gasteiger partial charge >= 0.3 is 0 Å². The highest BCUT2D eigenvalue weighted by molar-refractivity contribution is 7.99. The summed E-state index contributed by atoms with van der Waals surface area (Å²) in [7, 11) is 0. The molecule has 1 fully saturated rings. The number of nitriles is 1. The summed E-state index contributed by atoms with van der Waals surface area (Å²) in [6, 6.07) is 7.06. The molecule has 4 aromatic rings. The second kappa shape index (κ2) is 11.1. The summed E-state index contributed by atoms with van der Waals surface area (Å²) < 4.78 is 18.1. The van der Waals surface area contributed by atoms with E-state index in [1.165, 1.54) is 24.0 Å². The minimum atomic E-state index is -0.414. The van der Waals surface area contributed by atoms with Gasteiger partial charge in [-0.25, -0.2) is 13.9 Å². The van der Waals surface area contributed by atoms with Crippen LogP contribution in [0.25, 0.3) is 16.6 Å². The first-order valence-corrected chi connectivity index (χ1v) is 13.6. The van der Waals surface area contributed by atoms with Crippen LogP contribution in [0.5, 0.6) is 0 Å². The van der Waals surface area contributed by atoms with Crippen molar-refractivity contribution in [1.29, 1.82) is 5.26 Å². The molecule has 10 heteroatoms. The maximum Gasteiger partial charge on any atom is 0.155 e. The van der Waals surface area contributed by atoms with Crippen molar-refractivity contribution < 1.29 is 9.18 Å². The molecule has 0 aliphatic carbocycles. The van der Waals surface area contributed by atoms with Crippen LogP contribution in [0.15, 0.2) is 52.9 Å². The number of aromatic nitrogens is 5. The maximum atomic E-state index is 14.4. The molecule has 38 heavy (non-hydrogen) atoms. The highest BCUT2D eigenvalue weighted by Gasteiger charge is 2.23. The zero-order valence-corrected chi connectivity index (χ0v) is 22.6. The van der Waals surface area contributed by atoms with Crippen molar-refractivity contribution in [3.8, 4) is 17.2 Å². The van der Waals surface area contributed by atoms with Gasteiger partial charge in [-0.2, -0.15) is 15.5 Å². The topological polar surface area (TPSA) is 92.1 Å². The van der Waals surface area contributed by atoms with Crippen molar-refractivity contribution in [3.05, 3.63) is 60.1 Å². The molecule has 0 spiro atoms. The number of carbonyl (C=O) groups excluding carboxylic acids is 1. The predicted octanol–water partition coefficient (Wildman–Crippen LogP) is 5.00. The number of hydrogen-bond donors (Lipinski definition) is 0. The molecule has 1 saturated heterocycles. The fraction of sp³-hybridized carbons (Fsp3) is 0.393. The Labute approximate surface area is 225 Å². The number of Topliss-reactive ketones (excluding diaryl/α,β-unsaturated/α-hetero) is 1. The maximum absolute atomic E-state index is 14.4. The molecule has 5 rings (SSSR count). The highest BCUT2D eigenvalue weighted by Crippen LogP contribution is 2.36. The van der Waals surface area contributed by atoms with Gasteiger partial charge in [0.15, 0.2) is 5.82 Å². The SMILES string of the molecule is Cc1c(-c2cc(Sc3ncccc3F)c3c(C#N)cnn3c2)cnn1CC1CCN(CC(=O)C(C)C)CC1. The number of fused-ring (bicyclic) bond motifs is 1. The van der Waals surface area contributed by atoms with Crippen LogP contribution in [-0.4, -0.2) is 54.7 Å². The fourth-order valence-corrected chi connectivity index (χ4v) is 5.80. The number of likely N-dealkylation sites (tertiary alicyclic amines) is 1. The van der Waals surface area contributed by atoms with Crippen LogP contribution < -0.4 is 0 Å². The van der Waals surface area contributed by atoms with E-state index in [2.05, 4.69) is 28.0 Å². The highest BCUT2D eigenvalue weighted by atomic mass is 32.2. The number of hydrogen-bond acceptors (Lipinski definition) is 7. The Morgan fingerprint density at radius 1 is 1.26 bits per heavy atom. The molecule has 0 aromatic carbocycles. The molecule has 0 N–H and O–H groups in total. The van der Waals surface area contributed by atoms with Gasteiger partial charge in [-0.05, 0) is 57.0 Å². The average Bonchev–Trinajstić information content (AvgIpc) is 3.49. The minimum Gasteiger partial charge on any atom is -0.298 e. The largest absolute Gasteiger partial charge is 0.298 e. The minimum absolute atomic E-state index is 0.0761. The first-order chi connectivity index (χ1) is 18.3. The Morgan fingerprint density at radius 2 is 2.05 bits per heavy atom. The molecule has 8 nitrogen and oxygen atoms in total. The third kappa shape index (κ3) is 5.35. The molecule has 0 bridgehead atoms. The van der Waals surface area contributed by atoms with E-state index >= 15 is 0 Å². The number of carbonyl (C=O) groups is 1. The normalized spacial score (nSPS) is 14.8. The van der Waals surface area contributed by atoms with E-state index in [9.17, 15) is 14.4 Å². The van der Waals surface area contributed by atoms with Gasteiger partial charge in [-0.1, -0.05) is 25.6 Å². The number of ketones is 1. The van der Waals surface area contributed by atoms with E-state index in [4.69, 9.17) is 5.10 Å². The van der Waals surface area contributed by atoms with Crippen molar-refractivity contribution in [1.82, 2.24) is 29.3 Å². The van der Waals surface area contributed by atoms with Crippen LogP contribution in [0.1, 0.15) is 37.9 Å². The summed E-state index contributed by atoms with van der Waals surface area (Å²) in [4.78, 5) is 19.2. The van der Waals surface area contributed by atoms with Gasteiger partial charge in [-0.15, -0.1) is 0 Å². The van der Waals surface area contributed by atoms with Crippen LogP contribution in [0.4, 0.5) is 4.39 Å². The summed E-state index contributed by atoms with van der Waals surface area (Å²) in [6.45, 7) is 9.19. The monoisotopic (exact) mass is 531 g/mol. The molecule has 0 amide bonds. The van der Waals surface area contributed by atoms with Crippen molar-refractivity contribution in [3.63, 3.8) is 0 Å². The van der Waals surface area contributed by atoms with Gasteiger partial charge in [0.2, 0.25) is 0 Å². The van der Waals surface area contributed by atoms with E-state index in [0.717, 1.165) is 49.3 Å². The quantitative estimate of drug-likeness (QED) is 0.316.